The van der Waals surface area contributed by atoms with Crippen LogP contribution < -0.4 is 9.47 Å². The van der Waals surface area contributed by atoms with Gasteiger partial charge in [0.25, 0.3) is 0 Å². The molecule has 178 valence electrons. The van der Waals surface area contributed by atoms with E-state index in [9.17, 15) is 0 Å². The van der Waals surface area contributed by atoms with Gasteiger partial charge in [0.1, 0.15) is 11.5 Å². The fourth-order valence-corrected chi connectivity index (χ4v) is 3.77. The number of rotatable bonds is 18. The van der Waals surface area contributed by atoms with Gasteiger partial charge in [0.2, 0.25) is 0 Å². The Morgan fingerprint density at radius 2 is 1.28 bits per heavy atom. The third kappa shape index (κ3) is 11.0. The van der Waals surface area contributed by atoms with Crippen LogP contribution in [0.15, 0.2) is 42.6 Å². The van der Waals surface area contributed by atoms with Crippen molar-refractivity contribution in [1.29, 1.82) is 0 Å². The van der Waals surface area contributed by atoms with Crippen molar-refractivity contribution in [2.75, 3.05) is 13.2 Å². The highest BCUT2D eigenvalue weighted by Crippen LogP contribution is 2.23. The van der Waals surface area contributed by atoms with Crippen molar-refractivity contribution in [3.8, 4) is 22.8 Å². The average molecular weight is 440 g/mol. The molecule has 1 heterocycles. The summed E-state index contributed by atoms with van der Waals surface area (Å²) in [7, 11) is 0. The van der Waals surface area contributed by atoms with Gasteiger partial charge >= 0.3 is 0 Å². The van der Waals surface area contributed by atoms with Gasteiger partial charge in [0.05, 0.1) is 25.1 Å². The topological polar surface area (TPSA) is 31.4 Å². The largest absolute Gasteiger partial charge is 0.494 e. The minimum Gasteiger partial charge on any atom is -0.494 e. The molecule has 3 heteroatoms. The van der Waals surface area contributed by atoms with Crippen LogP contribution in [-0.2, 0) is 0 Å². The molecular weight excluding hydrogens is 394 g/mol. The molecule has 0 radical (unpaired) electrons. The summed E-state index contributed by atoms with van der Waals surface area (Å²) in [6, 6.07) is 12.3. The molecule has 1 atom stereocenters. The monoisotopic (exact) mass is 439 g/mol. The van der Waals surface area contributed by atoms with E-state index < -0.39 is 0 Å². The Hall–Kier alpha value is -2.03. The molecule has 0 saturated carbocycles. The van der Waals surface area contributed by atoms with Crippen LogP contribution in [0.4, 0.5) is 0 Å². The number of ether oxygens (including phenoxy) is 2. The molecular formula is C29H45NO2. The van der Waals surface area contributed by atoms with Gasteiger partial charge in [-0.25, -0.2) is 0 Å². The van der Waals surface area contributed by atoms with Gasteiger partial charge in [-0.2, -0.15) is 0 Å². The maximum Gasteiger partial charge on any atom is 0.137 e. The molecule has 1 unspecified atom stereocenters. The number of pyridine rings is 1. The van der Waals surface area contributed by atoms with Crippen LogP contribution in [0.5, 0.6) is 11.5 Å². The lowest BCUT2D eigenvalue weighted by Crippen LogP contribution is -1.99. The predicted octanol–water partition coefficient (Wildman–Crippen LogP) is 8.86. The van der Waals surface area contributed by atoms with E-state index in [0.717, 1.165) is 54.7 Å². The Bertz CT molecular complexity index is 696. The maximum absolute atomic E-state index is 5.90. The molecule has 0 N–H and O–H groups in total. The molecule has 0 saturated heterocycles. The normalized spacial score (nSPS) is 12.0. The first-order valence-corrected chi connectivity index (χ1v) is 13.0. The molecule has 0 amide bonds. The third-order valence-corrected chi connectivity index (χ3v) is 6.21. The van der Waals surface area contributed by atoms with Crippen molar-refractivity contribution in [2.24, 2.45) is 5.92 Å². The molecule has 0 aliphatic rings. The first-order valence-electron chi connectivity index (χ1n) is 13.0. The SMILES string of the molecule is CCCCCCCCCOc1ccc(-c2ccc(OCCCCCC(C)CC)cc2)nc1. The molecule has 1 aromatic heterocycles. The number of unbranched alkanes of at least 4 members (excludes halogenated alkanes) is 8. The summed E-state index contributed by atoms with van der Waals surface area (Å²) in [5.74, 6) is 2.64. The van der Waals surface area contributed by atoms with E-state index in [4.69, 9.17) is 9.47 Å². The highest BCUT2D eigenvalue weighted by Gasteiger charge is 2.03. The van der Waals surface area contributed by atoms with Crippen LogP contribution in [-0.4, -0.2) is 18.2 Å². The molecule has 1 aromatic carbocycles. The number of hydrogen-bond donors (Lipinski definition) is 0. The van der Waals surface area contributed by atoms with Gasteiger partial charge in [0, 0.05) is 5.56 Å². The van der Waals surface area contributed by atoms with Crippen molar-refractivity contribution >= 4 is 0 Å². The smallest absolute Gasteiger partial charge is 0.137 e. The van der Waals surface area contributed by atoms with E-state index in [1.807, 2.05) is 30.5 Å². The molecule has 0 aliphatic carbocycles. The molecule has 0 bridgehead atoms. The first kappa shape index (κ1) is 26.2. The average Bonchev–Trinajstić information content (AvgIpc) is 2.83. The van der Waals surface area contributed by atoms with E-state index >= 15 is 0 Å². The summed E-state index contributed by atoms with van der Waals surface area (Å²) in [5, 5.41) is 0. The molecule has 0 fully saturated rings. The lowest BCUT2D eigenvalue weighted by atomic mass is 10.0. The van der Waals surface area contributed by atoms with Gasteiger partial charge in [-0.3, -0.25) is 4.98 Å². The molecule has 0 spiro atoms. The highest BCUT2D eigenvalue weighted by molar-refractivity contribution is 5.60. The van der Waals surface area contributed by atoms with E-state index in [0.29, 0.717) is 0 Å². The van der Waals surface area contributed by atoms with Crippen LogP contribution in [0.2, 0.25) is 0 Å². The molecule has 3 nitrogen and oxygen atoms in total. The van der Waals surface area contributed by atoms with Gasteiger partial charge in [-0.05, 0) is 55.2 Å². The second-order valence-corrected chi connectivity index (χ2v) is 9.08. The van der Waals surface area contributed by atoms with Crippen LogP contribution in [0.3, 0.4) is 0 Å². The van der Waals surface area contributed by atoms with Crippen molar-refractivity contribution in [1.82, 2.24) is 4.98 Å². The maximum atomic E-state index is 5.90. The summed E-state index contributed by atoms with van der Waals surface area (Å²) in [4.78, 5) is 4.58. The van der Waals surface area contributed by atoms with Crippen LogP contribution in [0, 0.1) is 5.92 Å². The fourth-order valence-electron chi connectivity index (χ4n) is 3.77. The van der Waals surface area contributed by atoms with E-state index in [2.05, 4.69) is 37.9 Å². The van der Waals surface area contributed by atoms with Gasteiger partial charge < -0.3 is 9.47 Å². The number of nitrogens with zero attached hydrogens (tertiary/aromatic N) is 1. The minimum atomic E-state index is 0.776. The lowest BCUT2D eigenvalue weighted by Gasteiger charge is -2.09. The minimum absolute atomic E-state index is 0.776. The van der Waals surface area contributed by atoms with E-state index in [-0.39, 0.29) is 0 Å². The molecule has 32 heavy (non-hydrogen) atoms. The predicted molar refractivity (Wildman–Crippen MR) is 137 cm³/mol. The molecule has 2 rings (SSSR count). The second-order valence-electron chi connectivity index (χ2n) is 9.08. The zero-order valence-electron chi connectivity index (χ0n) is 20.8. The number of benzene rings is 1. The van der Waals surface area contributed by atoms with Gasteiger partial charge in [0.15, 0.2) is 0 Å². The Kier molecular flexibility index (Phi) is 13.6. The zero-order chi connectivity index (χ0) is 22.9. The van der Waals surface area contributed by atoms with Crippen molar-refractivity contribution in [3.63, 3.8) is 0 Å². The fraction of sp³-hybridized carbons (Fsp3) is 0.621. The van der Waals surface area contributed by atoms with Crippen molar-refractivity contribution in [2.45, 2.75) is 97.8 Å². The first-order chi connectivity index (χ1) is 15.7. The molecule has 0 aliphatic heterocycles. The summed E-state index contributed by atoms with van der Waals surface area (Å²) in [6.07, 6.45) is 17.2. The summed E-state index contributed by atoms with van der Waals surface area (Å²) < 4.78 is 11.8. The highest BCUT2D eigenvalue weighted by atomic mass is 16.5. The Balaban J connectivity index is 1.63. The number of hydrogen-bond acceptors (Lipinski definition) is 3. The third-order valence-electron chi connectivity index (χ3n) is 6.21. The van der Waals surface area contributed by atoms with Gasteiger partial charge in [-0.1, -0.05) is 85.0 Å². The Labute approximate surface area is 197 Å². The van der Waals surface area contributed by atoms with E-state index in [1.165, 1.54) is 64.2 Å². The Morgan fingerprint density at radius 3 is 1.91 bits per heavy atom. The summed E-state index contributed by atoms with van der Waals surface area (Å²) in [5.41, 5.74) is 2.06. The zero-order valence-corrected chi connectivity index (χ0v) is 20.8. The molecule has 2 aromatic rings. The van der Waals surface area contributed by atoms with Crippen LogP contribution in [0.25, 0.3) is 11.3 Å². The quantitative estimate of drug-likeness (QED) is 0.217. The standard InChI is InChI=1S/C29H45NO2/c1-4-6-7-8-9-10-13-23-32-28-20-21-29(30-24-28)26-16-18-27(19-17-26)31-22-14-11-12-15-25(3)5-2/h16-21,24-25H,4-15,22-23H2,1-3H3. The summed E-state index contributed by atoms with van der Waals surface area (Å²) in [6.45, 7) is 8.44. The van der Waals surface area contributed by atoms with Crippen molar-refractivity contribution < 1.29 is 9.47 Å². The van der Waals surface area contributed by atoms with Gasteiger partial charge in [-0.15, -0.1) is 0 Å². The number of aromatic nitrogens is 1. The lowest BCUT2D eigenvalue weighted by molar-refractivity contribution is 0.302. The van der Waals surface area contributed by atoms with Crippen LogP contribution in [0.1, 0.15) is 97.8 Å². The second kappa shape index (κ2) is 16.6. The van der Waals surface area contributed by atoms with E-state index in [1.54, 1.807) is 0 Å². The Morgan fingerprint density at radius 1 is 0.688 bits per heavy atom. The summed E-state index contributed by atoms with van der Waals surface area (Å²) >= 11 is 0. The van der Waals surface area contributed by atoms with Crippen molar-refractivity contribution in [3.05, 3.63) is 42.6 Å². The van der Waals surface area contributed by atoms with Crippen LogP contribution >= 0.6 is 0 Å².